The Morgan fingerprint density at radius 3 is 2.17 bits per heavy atom. The Morgan fingerprint density at radius 2 is 1.72 bits per heavy atom. The molecule has 0 spiro atoms. The van der Waals surface area contributed by atoms with Crippen LogP contribution in [0.25, 0.3) is 0 Å². The zero-order valence-corrected chi connectivity index (χ0v) is 11.9. The molecule has 0 heterocycles. The molecule has 18 heavy (non-hydrogen) atoms. The van der Waals surface area contributed by atoms with Gasteiger partial charge in [0.2, 0.25) is 5.91 Å². The predicted octanol–water partition coefficient (Wildman–Crippen LogP) is 2.08. The number of carbonyl (C=O) groups is 1. The van der Waals surface area contributed by atoms with Gasteiger partial charge in [0.05, 0.1) is 6.54 Å². The third kappa shape index (κ3) is 5.19. The normalized spacial score (nSPS) is 11.2. The van der Waals surface area contributed by atoms with E-state index in [-0.39, 0.29) is 11.4 Å². The molecule has 100 valence electrons. The Labute approximate surface area is 109 Å². The summed E-state index contributed by atoms with van der Waals surface area (Å²) < 4.78 is 0. The molecule has 0 atom stereocenters. The summed E-state index contributed by atoms with van der Waals surface area (Å²) in [6, 6.07) is 7.77. The van der Waals surface area contributed by atoms with Crippen molar-refractivity contribution in [3.8, 4) is 0 Å². The molecule has 1 aromatic rings. The van der Waals surface area contributed by atoms with Gasteiger partial charge in [-0.15, -0.1) is 0 Å². The van der Waals surface area contributed by atoms with Crippen LogP contribution in [-0.4, -0.2) is 32.1 Å². The highest BCUT2D eigenvalue weighted by molar-refractivity contribution is 5.92. The van der Waals surface area contributed by atoms with E-state index in [1.807, 2.05) is 64.0 Å². The van der Waals surface area contributed by atoms with E-state index in [0.29, 0.717) is 6.54 Å². The Balaban J connectivity index is 2.50. The maximum Gasteiger partial charge on any atom is 0.238 e. The summed E-state index contributed by atoms with van der Waals surface area (Å²) in [4.78, 5) is 13.7. The molecule has 0 fully saturated rings. The van der Waals surface area contributed by atoms with Crippen molar-refractivity contribution in [2.24, 2.45) is 0 Å². The minimum absolute atomic E-state index is 0.0254. The molecular formula is C14H23N3O. The Hall–Kier alpha value is -1.55. The third-order valence-electron chi connectivity index (χ3n) is 2.45. The Morgan fingerprint density at radius 1 is 1.17 bits per heavy atom. The standard InChI is InChI=1S/C14H23N3O/c1-14(2,3)15-10-13(18)16-11-6-8-12(9-7-11)17(4)5/h6-9,15H,10H2,1-5H3,(H,16,18). The lowest BCUT2D eigenvalue weighted by molar-refractivity contribution is -0.115. The van der Waals surface area contributed by atoms with Gasteiger partial charge >= 0.3 is 0 Å². The highest BCUT2D eigenvalue weighted by Crippen LogP contribution is 2.15. The Bertz CT molecular complexity index is 390. The molecule has 4 nitrogen and oxygen atoms in total. The second-order valence-electron chi connectivity index (χ2n) is 5.59. The summed E-state index contributed by atoms with van der Waals surface area (Å²) >= 11 is 0. The zero-order valence-electron chi connectivity index (χ0n) is 11.9. The molecule has 1 rings (SSSR count). The van der Waals surface area contributed by atoms with Gasteiger partial charge in [-0.1, -0.05) is 0 Å². The topological polar surface area (TPSA) is 44.4 Å². The molecule has 1 amide bonds. The van der Waals surface area contributed by atoms with E-state index in [1.54, 1.807) is 0 Å². The molecule has 4 heteroatoms. The lowest BCUT2D eigenvalue weighted by Crippen LogP contribution is -2.41. The average Bonchev–Trinajstić information content (AvgIpc) is 2.26. The number of anilines is 2. The van der Waals surface area contributed by atoms with Crippen molar-refractivity contribution in [3.63, 3.8) is 0 Å². The van der Waals surface area contributed by atoms with Crippen molar-refractivity contribution in [2.45, 2.75) is 26.3 Å². The first-order valence-corrected chi connectivity index (χ1v) is 6.10. The number of amides is 1. The van der Waals surface area contributed by atoms with Gasteiger partial charge in [-0.2, -0.15) is 0 Å². The van der Waals surface area contributed by atoms with Crippen molar-refractivity contribution in [3.05, 3.63) is 24.3 Å². The van der Waals surface area contributed by atoms with Crippen LogP contribution in [0.3, 0.4) is 0 Å². The van der Waals surface area contributed by atoms with Gasteiger partial charge in [-0.3, -0.25) is 4.79 Å². The molecule has 0 saturated carbocycles. The van der Waals surface area contributed by atoms with Crippen LogP contribution in [0.5, 0.6) is 0 Å². The highest BCUT2D eigenvalue weighted by Gasteiger charge is 2.11. The van der Waals surface area contributed by atoms with Crippen molar-refractivity contribution in [1.29, 1.82) is 0 Å². The van der Waals surface area contributed by atoms with Gasteiger partial charge in [0.15, 0.2) is 0 Å². The van der Waals surface area contributed by atoms with Crippen LogP contribution in [0.1, 0.15) is 20.8 Å². The maximum absolute atomic E-state index is 11.7. The smallest absolute Gasteiger partial charge is 0.238 e. The van der Waals surface area contributed by atoms with E-state index in [2.05, 4.69) is 10.6 Å². The molecule has 0 aromatic heterocycles. The van der Waals surface area contributed by atoms with E-state index in [1.165, 1.54) is 0 Å². The molecule has 0 bridgehead atoms. The average molecular weight is 249 g/mol. The fourth-order valence-corrected chi connectivity index (χ4v) is 1.39. The molecule has 0 aliphatic rings. The molecule has 1 aromatic carbocycles. The first kappa shape index (κ1) is 14.5. The van der Waals surface area contributed by atoms with Gasteiger partial charge in [-0.25, -0.2) is 0 Å². The quantitative estimate of drug-likeness (QED) is 0.858. The van der Waals surface area contributed by atoms with E-state index < -0.39 is 0 Å². The van der Waals surface area contributed by atoms with Crippen molar-refractivity contribution in [1.82, 2.24) is 5.32 Å². The van der Waals surface area contributed by atoms with Crippen LogP contribution >= 0.6 is 0 Å². The third-order valence-corrected chi connectivity index (χ3v) is 2.45. The summed E-state index contributed by atoms with van der Waals surface area (Å²) in [5.74, 6) is -0.0254. The predicted molar refractivity (Wildman–Crippen MR) is 77.2 cm³/mol. The number of carbonyl (C=O) groups excluding carboxylic acids is 1. The largest absolute Gasteiger partial charge is 0.378 e. The number of hydrogen-bond donors (Lipinski definition) is 2. The fourth-order valence-electron chi connectivity index (χ4n) is 1.39. The zero-order chi connectivity index (χ0) is 13.8. The van der Waals surface area contributed by atoms with Crippen molar-refractivity contribution in [2.75, 3.05) is 30.9 Å². The second-order valence-corrected chi connectivity index (χ2v) is 5.59. The van der Waals surface area contributed by atoms with E-state index in [4.69, 9.17) is 0 Å². The highest BCUT2D eigenvalue weighted by atomic mass is 16.1. The molecule has 0 unspecified atom stereocenters. The molecule has 0 radical (unpaired) electrons. The molecule has 0 aliphatic carbocycles. The van der Waals surface area contributed by atoms with Gasteiger partial charge < -0.3 is 15.5 Å². The summed E-state index contributed by atoms with van der Waals surface area (Å²) in [5.41, 5.74) is 1.88. The van der Waals surface area contributed by atoms with Gasteiger partial charge in [0, 0.05) is 31.0 Å². The first-order chi connectivity index (χ1) is 8.28. The van der Waals surface area contributed by atoms with E-state index >= 15 is 0 Å². The summed E-state index contributed by atoms with van der Waals surface area (Å²) in [6.07, 6.45) is 0. The number of hydrogen-bond acceptors (Lipinski definition) is 3. The van der Waals surface area contributed by atoms with E-state index in [0.717, 1.165) is 11.4 Å². The fraction of sp³-hybridized carbons (Fsp3) is 0.500. The summed E-state index contributed by atoms with van der Waals surface area (Å²) in [7, 11) is 3.97. The number of rotatable bonds is 4. The molecular weight excluding hydrogens is 226 g/mol. The van der Waals surface area contributed by atoms with Crippen LogP contribution < -0.4 is 15.5 Å². The van der Waals surface area contributed by atoms with Crippen LogP contribution in [0, 0.1) is 0 Å². The number of nitrogens with zero attached hydrogens (tertiary/aromatic N) is 1. The van der Waals surface area contributed by atoms with Crippen molar-refractivity contribution >= 4 is 17.3 Å². The minimum atomic E-state index is -0.0495. The molecule has 0 saturated heterocycles. The number of nitrogens with one attached hydrogen (secondary N) is 2. The monoisotopic (exact) mass is 249 g/mol. The van der Waals surface area contributed by atoms with Crippen LogP contribution in [0.2, 0.25) is 0 Å². The summed E-state index contributed by atoms with van der Waals surface area (Å²) in [5, 5.41) is 6.01. The molecule has 2 N–H and O–H groups in total. The van der Waals surface area contributed by atoms with Gasteiger partial charge in [0.1, 0.15) is 0 Å². The van der Waals surface area contributed by atoms with Gasteiger partial charge in [0.25, 0.3) is 0 Å². The molecule has 0 aliphatic heterocycles. The summed E-state index contributed by atoms with van der Waals surface area (Å²) in [6.45, 7) is 6.42. The minimum Gasteiger partial charge on any atom is -0.378 e. The lowest BCUT2D eigenvalue weighted by atomic mass is 10.1. The Kier molecular flexibility index (Phi) is 4.73. The van der Waals surface area contributed by atoms with Crippen LogP contribution in [0.4, 0.5) is 11.4 Å². The SMILES string of the molecule is CN(C)c1ccc(NC(=O)CNC(C)(C)C)cc1. The lowest BCUT2D eigenvalue weighted by Gasteiger charge is -2.20. The maximum atomic E-state index is 11.7. The van der Waals surface area contributed by atoms with E-state index in [9.17, 15) is 4.79 Å². The van der Waals surface area contributed by atoms with Crippen LogP contribution in [-0.2, 0) is 4.79 Å². The second kappa shape index (κ2) is 5.87. The first-order valence-electron chi connectivity index (χ1n) is 6.10. The van der Waals surface area contributed by atoms with Crippen molar-refractivity contribution < 1.29 is 4.79 Å². The van der Waals surface area contributed by atoms with Crippen LogP contribution in [0.15, 0.2) is 24.3 Å². The van der Waals surface area contributed by atoms with Gasteiger partial charge in [-0.05, 0) is 45.0 Å². The number of benzene rings is 1.